The lowest BCUT2D eigenvalue weighted by atomic mass is 10.0. The number of halogens is 2. The van der Waals surface area contributed by atoms with Crippen LogP contribution in [0.5, 0.6) is 5.75 Å². The van der Waals surface area contributed by atoms with Crippen molar-refractivity contribution in [3.8, 4) is 17.0 Å². The molecular weight excluding hydrogens is 555 g/mol. The van der Waals surface area contributed by atoms with E-state index < -0.39 is 30.4 Å². The number of hydrogen-bond donors (Lipinski definition) is 3. The van der Waals surface area contributed by atoms with Crippen LogP contribution in [0.25, 0.3) is 11.3 Å². The number of aromatic nitrogens is 5. The van der Waals surface area contributed by atoms with E-state index in [9.17, 15) is 19.1 Å². The van der Waals surface area contributed by atoms with Crippen LogP contribution in [-0.4, -0.2) is 66.5 Å². The van der Waals surface area contributed by atoms with Crippen molar-refractivity contribution in [2.75, 3.05) is 19.0 Å². The number of ether oxygens (including phenoxy) is 1. The van der Waals surface area contributed by atoms with Crippen LogP contribution >= 0.6 is 11.6 Å². The highest BCUT2D eigenvalue weighted by Gasteiger charge is 2.35. The van der Waals surface area contributed by atoms with Gasteiger partial charge in [-0.3, -0.25) is 9.59 Å². The molecule has 0 spiro atoms. The Hall–Kier alpha value is -4.62. The summed E-state index contributed by atoms with van der Waals surface area (Å²) in [5, 5.41) is 23.9. The molecule has 12 nitrogen and oxygen atoms in total. The Labute approximate surface area is 239 Å². The molecule has 0 fully saturated rings. The van der Waals surface area contributed by atoms with Gasteiger partial charge in [0.15, 0.2) is 5.82 Å². The molecule has 0 bridgehead atoms. The number of nitrogens with zero attached hydrogens (tertiary/aromatic N) is 6. The van der Waals surface area contributed by atoms with Crippen molar-refractivity contribution in [1.82, 2.24) is 35.2 Å². The van der Waals surface area contributed by atoms with Gasteiger partial charge in [0.1, 0.15) is 17.6 Å². The normalized spacial score (nSPS) is 14.0. The lowest BCUT2D eigenvalue weighted by molar-refractivity contribution is -0.126. The molecule has 2 amide bonds. The van der Waals surface area contributed by atoms with Gasteiger partial charge in [-0.1, -0.05) is 23.7 Å². The van der Waals surface area contributed by atoms with Crippen molar-refractivity contribution in [2.24, 2.45) is 7.05 Å². The second kappa shape index (κ2) is 11.5. The molecule has 1 aliphatic rings. The van der Waals surface area contributed by atoms with Gasteiger partial charge >= 0.3 is 0 Å². The molecule has 212 valence electrons. The Morgan fingerprint density at radius 3 is 2.76 bits per heavy atom. The van der Waals surface area contributed by atoms with Crippen molar-refractivity contribution < 1.29 is 23.8 Å². The fraction of sp³-hybridized carbons (Fsp3) is 0.259. The third-order valence-corrected chi connectivity index (χ3v) is 7.00. The van der Waals surface area contributed by atoms with Crippen LogP contribution in [0.4, 0.5) is 16.2 Å². The summed E-state index contributed by atoms with van der Waals surface area (Å²) >= 11 is 6.40. The Kier molecular flexibility index (Phi) is 7.81. The number of aryl methyl sites for hydroxylation is 1. The summed E-state index contributed by atoms with van der Waals surface area (Å²) in [4.78, 5) is 38.0. The molecule has 0 aliphatic carbocycles. The van der Waals surface area contributed by atoms with Gasteiger partial charge in [-0.2, -0.15) is 9.90 Å². The Bertz CT molecular complexity index is 1630. The van der Waals surface area contributed by atoms with Gasteiger partial charge in [-0.15, -0.1) is 5.10 Å². The number of fused-ring (bicyclic) bond motifs is 1. The van der Waals surface area contributed by atoms with E-state index in [-0.39, 0.29) is 29.0 Å². The van der Waals surface area contributed by atoms with Gasteiger partial charge in [-0.05, 0) is 36.8 Å². The minimum Gasteiger partial charge on any atom is -0.497 e. The molecule has 1 aliphatic heterocycles. The van der Waals surface area contributed by atoms with Crippen LogP contribution < -0.4 is 15.4 Å². The smallest absolute Gasteiger partial charge is 0.255 e. The summed E-state index contributed by atoms with van der Waals surface area (Å²) in [6, 6.07) is 7.34. The van der Waals surface area contributed by atoms with Gasteiger partial charge < -0.3 is 25.4 Å². The predicted octanol–water partition coefficient (Wildman–Crippen LogP) is 3.01. The molecule has 0 saturated carbocycles. The van der Waals surface area contributed by atoms with Gasteiger partial charge in [0.2, 0.25) is 11.9 Å². The maximum atomic E-state index is 14.5. The largest absolute Gasteiger partial charge is 0.497 e. The lowest BCUT2D eigenvalue weighted by Crippen LogP contribution is -2.46. The quantitative estimate of drug-likeness (QED) is 0.272. The molecule has 0 radical (unpaired) electrons. The molecule has 3 N–H and O–H groups in total. The number of benzene rings is 2. The van der Waals surface area contributed by atoms with E-state index in [2.05, 4.69) is 30.8 Å². The highest BCUT2D eigenvalue weighted by molar-refractivity contribution is 6.33. The van der Waals surface area contributed by atoms with Crippen LogP contribution in [0.15, 0.2) is 48.8 Å². The summed E-state index contributed by atoms with van der Waals surface area (Å²) in [5.74, 6) is -0.441. The van der Waals surface area contributed by atoms with Crippen LogP contribution in [0.3, 0.4) is 0 Å². The number of nitrogens with one attached hydrogen (secondary N) is 2. The van der Waals surface area contributed by atoms with Crippen molar-refractivity contribution in [3.63, 3.8) is 0 Å². The summed E-state index contributed by atoms with van der Waals surface area (Å²) in [6.45, 7) is 1.22. The first kappa shape index (κ1) is 27.9. The van der Waals surface area contributed by atoms with Gasteiger partial charge in [0.25, 0.3) is 5.91 Å². The first-order chi connectivity index (χ1) is 19.7. The fourth-order valence-corrected chi connectivity index (χ4v) is 4.70. The number of methoxy groups -OCH3 is 1. The lowest BCUT2D eigenvalue weighted by Gasteiger charge is -2.26. The Balaban J connectivity index is 1.33. The van der Waals surface area contributed by atoms with Crippen molar-refractivity contribution in [2.45, 2.75) is 25.6 Å². The first-order valence-corrected chi connectivity index (χ1v) is 12.9. The minimum atomic E-state index is -1.03. The molecule has 14 heteroatoms. The maximum absolute atomic E-state index is 14.5. The topological polar surface area (TPSA) is 147 Å². The van der Waals surface area contributed by atoms with E-state index in [1.54, 1.807) is 32.2 Å². The molecule has 0 saturated heterocycles. The van der Waals surface area contributed by atoms with Gasteiger partial charge in [0.05, 0.1) is 42.9 Å². The second-order valence-electron chi connectivity index (χ2n) is 9.35. The number of carbonyl (C=O) groups excluding carboxylic acids is 2. The number of anilines is 2. The Morgan fingerprint density at radius 1 is 1.24 bits per heavy atom. The van der Waals surface area contributed by atoms with Crippen molar-refractivity contribution in [1.29, 1.82) is 0 Å². The van der Waals surface area contributed by atoms with Crippen molar-refractivity contribution in [3.05, 3.63) is 76.3 Å². The van der Waals surface area contributed by atoms with E-state index in [0.29, 0.717) is 28.4 Å². The molecule has 3 heterocycles. The highest BCUT2D eigenvalue weighted by Crippen LogP contribution is 2.33. The number of rotatable bonds is 9. The molecule has 4 aromatic rings. The highest BCUT2D eigenvalue weighted by atomic mass is 35.5. The molecule has 41 heavy (non-hydrogen) atoms. The molecule has 5 rings (SSSR count). The number of hydrogen-bond acceptors (Lipinski definition) is 9. The number of amides is 2. The SMILES string of the molecule is COc1ccc(F)c([C@@H](CO)NC(=O)[C@@H](C)N2Cc3ccc(-c4nc(Nc5cnn(C)n5)ncc4Cl)cc3C2=O)c1. The van der Waals surface area contributed by atoms with E-state index in [4.69, 9.17) is 16.3 Å². The fourth-order valence-electron chi connectivity index (χ4n) is 4.50. The summed E-state index contributed by atoms with van der Waals surface area (Å²) in [7, 11) is 3.11. The molecular formula is C27H26ClFN8O4. The van der Waals surface area contributed by atoms with E-state index >= 15 is 0 Å². The standard InChI is InChI=1S/C27H26ClFN8O4/c1-14(25(39)32-22(13-38)19-9-17(41-3)6-7-21(19)29)37-12-16-5-4-15(8-18(16)26(37)40)24-20(28)10-30-27(34-24)33-23-11-31-36(2)35-23/h4-11,14,22,38H,12-13H2,1-3H3,(H,32,39)(H,30,33,34,35)/t14-,22-/m1/s1. The number of aliphatic hydroxyl groups is 1. The Morgan fingerprint density at radius 2 is 2.05 bits per heavy atom. The maximum Gasteiger partial charge on any atom is 0.255 e. The number of carbonyl (C=O) groups is 2. The van der Waals surface area contributed by atoms with Crippen LogP contribution in [0.1, 0.15) is 34.5 Å². The summed E-state index contributed by atoms with van der Waals surface area (Å²) in [5.41, 5.74) is 2.18. The van der Waals surface area contributed by atoms with Crippen LogP contribution in [-0.2, 0) is 18.4 Å². The van der Waals surface area contributed by atoms with E-state index in [1.807, 2.05) is 0 Å². The summed E-state index contributed by atoms with van der Waals surface area (Å²) < 4.78 is 19.6. The zero-order valence-electron chi connectivity index (χ0n) is 22.3. The molecule has 2 aromatic carbocycles. The molecule has 0 unspecified atom stereocenters. The monoisotopic (exact) mass is 580 g/mol. The van der Waals surface area contributed by atoms with Crippen LogP contribution in [0.2, 0.25) is 5.02 Å². The van der Waals surface area contributed by atoms with Gasteiger partial charge in [-0.25, -0.2) is 14.4 Å². The average Bonchev–Trinajstić information content (AvgIpc) is 3.54. The molecule has 2 atom stereocenters. The second-order valence-corrected chi connectivity index (χ2v) is 9.75. The van der Waals surface area contributed by atoms with Gasteiger partial charge in [0, 0.05) is 30.3 Å². The van der Waals surface area contributed by atoms with E-state index in [0.717, 1.165) is 5.56 Å². The van der Waals surface area contributed by atoms with Crippen LogP contribution in [0, 0.1) is 5.82 Å². The zero-order valence-corrected chi connectivity index (χ0v) is 23.1. The third-order valence-electron chi connectivity index (χ3n) is 6.72. The third kappa shape index (κ3) is 5.67. The molecule has 2 aromatic heterocycles. The minimum absolute atomic E-state index is 0.0722. The first-order valence-electron chi connectivity index (χ1n) is 12.5. The summed E-state index contributed by atoms with van der Waals surface area (Å²) in [6.07, 6.45) is 2.96. The zero-order chi connectivity index (χ0) is 29.3. The van der Waals surface area contributed by atoms with E-state index in [1.165, 1.54) is 47.4 Å². The average molecular weight is 581 g/mol. The number of aliphatic hydroxyl groups excluding tert-OH is 1. The van der Waals surface area contributed by atoms with Crippen molar-refractivity contribution >= 4 is 35.2 Å². The predicted molar refractivity (Wildman–Crippen MR) is 147 cm³/mol.